The van der Waals surface area contributed by atoms with Crippen LogP contribution in [-0.2, 0) is 5.41 Å². The molecule has 0 saturated heterocycles. The Kier molecular flexibility index (Phi) is 7.02. The van der Waals surface area contributed by atoms with E-state index in [1.807, 2.05) is 0 Å². The lowest BCUT2D eigenvalue weighted by molar-refractivity contribution is -0.00000545. The molecule has 0 amide bonds. The zero-order chi connectivity index (χ0) is 17.0. The fraction of sp³-hybridized carbons (Fsp3) is 0.474. The van der Waals surface area contributed by atoms with E-state index in [0.29, 0.717) is 0 Å². The van der Waals surface area contributed by atoms with Gasteiger partial charge in [-0.05, 0) is 23.8 Å². The first-order chi connectivity index (χ1) is 11.5. The van der Waals surface area contributed by atoms with Gasteiger partial charge in [0, 0.05) is 23.9 Å². The Morgan fingerprint density at radius 2 is 1.76 bits per heavy atom. The van der Waals surface area contributed by atoms with Crippen LogP contribution < -0.4 is 27.8 Å². The van der Waals surface area contributed by atoms with Gasteiger partial charge in [0.15, 0.2) is 0 Å². The number of rotatable bonds is 3. The minimum Gasteiger partial charge on any atom is -1.00 e. The quantitative estimate of drug-likeness (QED) is 0.745. The number of hydrogen-bond acceptors (Lipinski definition) is 5. The van der Waals surface area contributed by atoms with Crippen molar-refractivity contribution in [3.8, 4) is 11.3 Å². The number of nitrogens with zero attached hydrogens (tertiary/aromatic N) is 2. The number of aromatic nitrogens is 1. The molecule has 2 aromatic rings. The molecule has 0 unspecified atom stereocenters. The summed E-state index contributed by atoms with van der Waals surface area (Å²) in [5, 5.41) is 2.96. The first-order valence-electron chi connectivity index (χ1n) is 8.64. The van der Waals surface area contributed by atoms with Crippen LogP contribution in [0.5, 0.6) is 0 Å². The smallest absolute Gasteiger partial charge is 0.202 e. The minimum absolute atomic E-state index is 0. The highest BCUT2D eigenvalue weighted by molar-refractivity contribution is 7.14. The molecule has 1 aromatic heterocycles. The van der Waals surface area contributed by atoms with Crippen LogP contribution in [0.25, 0.3) is 11.3 Å². The van der Waals surface area contributed by atoms with Crippen molar-refractivity contribution in [2.24, 2.45) is 4.99 Å². The van der Waals surface area contributed by atoms with Crippen molar-refractivity contribution in [1.82, 2.24) is 10.4 Å². The molecule has 2 N–H and O–H groups in total. The molecule has 0 fully saturated rings. The summed E-state index contributed by atoms with van der Waals surface area (Å²) in [5.41, 5.74) is 10.1. The zero-order valence-corrected chi connectivity index (χ0v) is 17.5. The van der Waals surface area contributed by atoms with Gasteiger partial charge in [0.2, 0.25) is 5.13 Å². The van der Waals surface area contributed by atoms with Crippen molar-refractivity contribution in [1.29, 1.82) is 0 Å². The average Bonchev–Trinajstić information content (AvgIpc) is 2.88. The summed E-state index contributed by atoms with van der Waals surface area (Å²) in [5.74, 6) is 1.04. The summed E-state index contributed by atoms with van der Waals surface area (Å²) < 4.78 is 0. The van der Waals surface area contributed by atoms with Crippen LogP contribution in [0, 0.1) is 0 Å². The van der Waals surface area contributed by atoms with Crippen molar-refractivity contribution in [3.63, 3.8) is 0 Å². The maximum absolute atomic E-state index is 4.67. The lowest BCUT2D eigenvalue weighted by Gasteiger charge is -2.18. The van der Waals surface area contributed by atoms with Crippen LogP contribution >= 0.6 is 11.3 Å². The number of halogens is 1. The highest BCUT2D eigenvalue weighted by Gasteiger charge is 2.13. The standard InChI is InChI=1S/C19H26N4S.BrH/c1-19(2,3)15-10-8-14(9-11-15)16-13-24-18(21-16)23-22-17-7-5-4-6-12-20-17;/h8-11,13H,4-7,12H2,1-3H3,(H,20,22)(H,21,23);1H/p-1. The second-order valence-corrected chi connectivity index (χ2v) is 8.11. The maximum atomic E-state index is 4.67. The topological polar surface area (TPSA) is 49.3 Å². The molecule has 2 heterocycles. The Balaban J connectivity index is 0.00000225. The number of anilines is 1. The number of hydrogen-bond donors (Lipinski definition) is 2. The Hall–Kier alpha value is -1.40. The van der Waals surface area contributed by atoms with E-state index in [9.17, 15) is 0 Å². The fourth-order valence-electron chi connectivity index (χ4n) is 2.71. The Labute approximate surface area is 164 Å². The molecule has 1 aliphatic rings. The van der Waals surface area contributed by atoms with Gasteiger partial charge in [-0.1, -0.05) is 51.5 Å². The third kappa shape index (κ3) is 5.54. The van der Waals surface area contributed by atoms with Gasteiger partial charge < -0.3 is 17.0 Å². The molecular formula is C19H26BrN4S-. The lowest BCUT2D eigenvalue weighted by Crippen LogP contribution is -3.00. The molecule has 25 heavy (non-hydrogen) atoms. The fourth-order valence-corrected chi connectivity index (χ4v) is 3.38. The molecule has 6 heteroatoms. The minimum atomic E-state index is 0. The number of nitrogens with one attached hydrogen (secondary N) is 2. The van der Waals surface area contributed by atoms with Crippen LogP contribution in [0.15, 0.2) is 34.6 Å². The predicted molar refractivity (Wildman–Crippen MR) is 104 cm³/mol. The van der Waals surface area contributed by atoms with Crippen molar-refractivity contribution in [3.05, 3.63) is 35.2 Å². The molecule has 1 aliphatic heterocycles. The Morgan fingerprint density at radius 3 is 2.48 bits per heavy atom. The highest BCUT2D eigenvalue weighted by atomic mass is 79.9. The van der Waals surface area contributed by atoms with E-state index in [-0.39, 0.29) is 22.4 Å². The number of benzene rings is 1. The van der Waals surface area contributed by atoms with E-state index < -0.39 is 0 Å². The van der Waals surface area contributed by atoms with Crippen LogP contribution in [0.1, 0.15) is 52.0 Å². The summed E-state index contributed by atoms with van der Waals surface area (Å²) in [7, 11) is 0. The molecule has 0 radical (unpaired) electrons. The van der Waals surface area contributed by atoms with Crippen molar-refractivity contribution in [2.45, 2.75) is 51.9 Å². The first-order valence-corrected chi connectivity index (χ1v) is 9.52. The van der Waals surface area contributed by atoms with E-state index >= 15 is 0 Å². The lowest BCUT2D eigenvalue weighted by atomic mass is 9.86. The van der Waals surface area contributed by atoms with Gasteiger partial charge in [0.25, 0.3) is 0 Å². The van der Waals surface area contributed by atoms with E-state index in [4.69, 9.17) is 0 Å². The molecular weight excluding hydrogens is 396 g/mol. The van der Waals surface area contributed by atoms with Crippen molar-refractivity contribution in [2.75, 3.05) is 12.0 Å². The summed E-state index contributed by atoms with van der Waals surface area (Å²) in [6.45, 7) is 7.62. The van der Waals surface area contributed by atoms with Gasteiger partial charge in [-0.25, -0.2) is 4.98 Å². The van der Waals surface area contributed by atoms with Crippen LogP contribution in [0.2, 0.25) is 0 Å². The average molecular weight is 422 g/mol. The predicted octanol–water partition coefficient (Wildman–Crippen LogP) is 2.00. The van der Waals surface area contributed by atoms with Crippen LogP contribution in [0.4, 0.5) is 5.13 Å². The molecule has 136 valence electrons. The van der Waals surface area contributed by atoms with E-state index in [1.54, 1.807) is 11.3 Å². The van der Waals surface area contributed by atoms with Crippen LogP contribution in [0.3, 0.4) is 0 Å². The van der Waals surface area contributed by atoms with Crippen molar-refractivity contribution < 1.29 is 17.0 Å². The molecule has 0 aliphatic carbocycles. The van der Waals surface area contributed by atoms with Gasteiger partial charge in [0.05, 0.1) is 5.69 Å². The second-order valence-electron chi connectivity index (χ2n) is 7.25. The molecule has 0 atom stereocenters. The van der Waals surface area contributed by atoms with E-state index in [2.05, 4.69) is 71.2 Å². The van der Waals surface area contributed by atoms with Crippen molar-refractivity contribution >= 4 is 22.3 Å². The van der Waals surface area contributed by atoms with E-state index in [0.717, 1.165) is 35.2 Å². The molecule has 3 rings (SSSR count). The monoisotopic (exact) mass is 421 g/mol. The largest absolute Gasteiger partial charge is 1.00 e. The molecule has 0 spiro atoms. The molecule has 1 aromatic carbocycles. The summed E-state index contributed by atoms with van der Waals surface area (Å²) >= 11 is 1.61. The van der Waals surface area contributed by atoms with E-state index in [1.165, 1.54) is 24.8 Å². The van der Waals surface area contributed by atoms with Gasteiger partial charge >= 0.3 is 0 Å². The number of aliphatic imine (C=N–C) groups is 1. The van der Waals surface area contributed by atoms with Gasteiger partial charge in [-0.2, -0.15) is 0 Å². The third-order valence-corrected chi connectivity index (χ3v) is 5.00. The zero-order valence-electron chi connectivity index (χ0n) is 15.1. The number of hydrazine groups is 1. The van der Waals surface area contributed by atoms with Gasteiger partial charge in [-0.15, -0.1) is 11.3 Å². The molecule has 0 bridgehead atoms. The third-order valence-electron chi connectivity index (χ3n) is 4.24. The molecule has 0 saturated carbocycles. The summed E-state index contributed by atoms with van der Waals surface area (Å²) in [6.07, 6.45) is 4.67. The Bertz CT molecular complexity index is 701. The second kappa shape index (κ2) is 8.81. The number of thiazole rings is 1. The summed E-state index contributed by atoms with van der Waals surface area (Å²) in [4.78, 5) is 9.23. The van der Waals surface area contributed by atoms with Gasteiger partial charge in [0.1, 0.15) is 5.84 Å². The normalized spacial score (nSPS) is 14.9. The SMILES string of the molecule is CC(C)(C)c1ccc(-c2csc(NNC3=NCCCCC3)n2)cc1.[Br-]. The maximum Gasteiger partial charge on any atom is 0.202 e. The highest BCUT2D eigenvalue weighted by Crippen LogP contribution is 2.28. The molecule has 4 nitrogen and oxygen atoms in total. The Morgan fingerprint density at radius 1 is 1.00 bits per heavy atom. The summed E-state index contributed by atoms with van der Waals surface area (Å²) in [6, 6.07) is 8.70. The number of amidine groups is 1. The van der Waals surface area contributed by atoms with Gasteiger partial charge in [-0.3, -0.25) is 15.8 Å². The first kappa shape index (κ1) is 19.9. The van der Waals surface area contributed by atoms with Crippen LogP contribution in [-0.4, -0.2) is 17.4 Å².